The molecular formula is C29H19BrO3. The molecule has 1 aliphatic carbocycles. The van der Waals surface area contributed by atoms with Gasteiger partial charge in [-0.1, -0.05) is 82.7 Å². The van der Waals surface area contributed by atoms with Crippen molar-refractivity contribution in [3.8, 4) is 11.5 Å². The van der Waals surface area contributed by atoms with Crippen molar-refractivity contribution in [1.82, 2.24) is 0 Å². The average Bonchev–Trinajstić information content (AvgIpc) is 3.13. The predicted molar refractivity (Wildman–Crippen MR) is 135 cm³/mol. The van der Waals surface area contributed by atoms with Gasteiger partial charge in [0.05, 0.1) is 0 Å². The van der Waals surface area contributed by atoms with E-state index in [1.165, 1.54) is 0 Å². The molecule has 0 aliphatic heterocycles. The maximum absolute atomic E-state index is 14.1. The number of carbonyl (C=O) groups excluding carboxylic acids is 1. The SMILES string of the molecule is O=C1C(c2ccc(O)cc2)=C(c2ccccc2)C(c2cccc(Br)c2)=C1c1ccc(O)cc1. The fourth-order valence-corrected chi connectivity index (χ4v) is 4.63. The summed E-state index contributed by atoms with van der Waals surface area (Å²) >= 11 is 3.57. The maximum atomic E-state index is 14.1. The Kier molecular flexibility index (Phi) is 5.45. The van der Waals surface area contributed by atoms with E-state index in [0.29, 0.717) is 11.1 Å². The number of allylic oxidation sites excluding steroid dienone is 4. The summed E-state index contributed by atoms with van der Waals surface area (Å²) in [5.41, 5.74) is 6.14. The van der Waals surface area contributed by atoms with Gasteiger partial charge in [0.1, 0.15) is 11.5 Å². The fourth-order valence-electron chi connectivity index (χ4n) is 4.24. The summed E-state index contributed by atoms with van der Waals surface area (Å²) in [7, 11) is 0. The predicted octanol–water partition coefficient (Wildman–Crippen LogP) is 6.96. The van der Waals surface area contributed by atoms with Crippen molar-refractivity contribution < 1.29 is 15.0 Å². The lowest BCUT2D eigenvalue weighted by Gasteiger charge is -2.14. The summed E-state index contributed by atoms with van der Waals surface area (Å²) in [4.78, 5) is 14.1. The molecule has 1 aliphatic rings. The molecular weight excluding hydrogens is 476 g/mol. The molecule has 160 valence electrons. The van der Waals surface area contributed by atoms with E-state index < -0.39 is 0 Å². The van der Waals surface area contributed by atoms with Crippen molar-refractivity contribution in [2.45, 2.75) is 0 Å². The smallest absolute Gasteiger partial charge is 0.195 e. The zero-order chi connectivity index (χ0) is 22.9. The quantitative estimate of drug-likeness (QED) is 0.322. The number of halogens is 1. The van der Waals surface area contributed by atoms with Crippen molar-refractivity contribution in [3.63, 3.8) is 0 Å². The number of phenols is 2. The number of rotatable bonds is 4. The first kappa shape index (κ1) is 21.0. The molecule has 4 aromatic carbocycles. The Morgan fingerprint density at radius 1 is 0.485 bits per heavy atom. The van der Waals surface area contributed by atoms with Crippen LogP contribution in [0.2, 0.25) is 0 Å². The third-order valence-electron chi connectivity index (χ3n) is 5.69. The van der Waals surface area contributed by atoms with Crippen LogP contribution >= 0.6 is 15.9 Å². The molecule has 0 heterocycles. The van der Waals surface area contributed by atoms with Crippen LogP contribution in [-0.4, -0.2) is 16.0 Å². The van der Waals surface area contributed by atoms with Gasteiger partial charge in [0.2, 0.25) is 0 Å². The molecule has 3 nitrogen and oxygen atoms in total. The largest absolute Gasteiger partial charge is 0.508 e. The van der Waals surface area contributed by atoms with Crippen LogP contribution < -0.4 is 0 Å². The van der Waals surface area contributed by atoms with Gasteiger partial charge in [0, 0.05) is 26.8 Å². The topological polar surface area (TPSA) is 57.5 Å². The van der Waals surface area contributed by atoms with E-state index in [1.807, 2.05) is 54.6 Å². The molecule has 5 rings (SSSR count). The van der Waals surface area contributed by atoms with Crippen LogP contribution in [0.1, 0.15) is 22.3 Å². The summed E-state index contributed by atoms with van der Waals surface area (Å²) in [6.07, 6.45) is 0. The van der Waals surface area contributed by atoms with Crippen LogP contribution in [0, 0.1) is 0 Å². The van der Waals surface area contributed by atoms with Gasteiger partial charge in [-0.05, 0) is 58.7 Å². The number of hydrogen-bond donors (Lipinski definition) is 2. The van der Waals surface area contributed by atoms with Crippen molar-refractivity contribution in [3.05, 3.63) is 130 Å². The van der Waals surface area contributed by atoms with E-state index in [1.54, 1.807) is 48.5 Å². The van der Waals surface area contributed by atoms with Gasteiger partial charge >= 0.3 is 0 Å². The summed E-state index contributed by atoms with van der Waals surface area (Å²) in [5, 5.41) is 19.7. The summed E-state index contributed by atoms with van der Waals surface area (Å²) in [6.45, 7) is 0. The van der Waals surface area contributed by atoms with Gasteiger partial charge in [-0.2, -0.15) is 0 Å². The van der Waals surface area contributed by atoms with Crippen LogP contribution in [0.4, 0.5) is 0 Å². The molecule has 4 heteroatoms. The zero-order valence-corrected chi connectivity index (χ0v) is 19.1. The highest BCUT2D eigenvalue weighted by Crippen LogP contribution is 2.50. The number of Topliss-reactive ketones (excluding diaryl/α,β-unsaturated/α-hetero) is 1. The second-order valence-corrected chi connectivity index (χ2v) is 8.71. The zero-order valence-electron chi connectivity index (χ0n) is 17.5. The Balaban J connectivity index is 1.87. The molecule has 0 aromatic heterocycles. The lowest BCUT2D eigenvalue weighted by molar-refractivity contribution is -0.108. The Hall–Kier alpha value is -3.89. The minimum Gasteiger partial charge on any atom is -0.508 e. The first-order chi connectivity index (χ1) is 16.0. The first-order valence-electron chi connectivity index (χ1n) is 10.5. The normalized spacial score (nSPS) is 13.7. The molecule has 0 fully saturated rings. The molecule has 0 spiro atoms. The average molecular weight is 495 g/mol. The number of phenolic OH excluding ortho intramolecular Hbond substituents is 2. The van der Waals surface area contributed by atoms with Crippen LogP contribution in [0.3, 0.4) is 0 Å². The molecule has 0 bridgehead atoms. The first-order valence-corrected chi connectivity index (χ1v) is 11.3. The van der Waals surface area contributed by atoms with Gasteiger partial charge in [-0.15, -0.1) is 0 Å². The lowest BCUT2D eigenvalue weighted by Crippen LogP contribution is -2.02. The molecule has 2 N–H and O–H groups in total. The molecule has 0 saturated carbocycles. The Bertz CT molecular complexity index is 1410. The molecule has 0 radical (unpaired) electrons. The second kappa shape index (κ2) is 8.57. The van der Waals surface area contributed by atoms with E-state index in [-0.39, 0.29) is 17.3 Å². The number of aromatic hydroxyl groups is 2. The number of hydrogen-bond acceptors (Lipinski definition) is 3. The van der Waals surface area contributed by atoms with Gasteiger partial charge in [-0.3, -0.25) is 4.79 Å². The fraction of sp³-hybridized carbons (Fsp3) is 0. The van der Waals surface area contributed by atoms with Gasteiger partial charge in [0.15, 0.2) is 5.78 Å². The summed E-state index contributed by atoms with van der Waals surface area (Å²) in [5.74, 6) is 0.189. The van der Waals surface area contributed by atoms with E-state index in [4.69, 9.17) is 0 Å². The highest BCUT2D eigenvalue weighted by molar-refractivity contribution is 9.10. The van der Waals surface area contributed by atoms with Crippen molar-refractivity contribution in [1.29, 1.82) is 0 Å². The van der Waals surface area contributed by atoms with E-state index in [2.05, 4.69) is 15.9 Å². The minimum atomic E-state index is -0.0970. The molecule has 0 saturated heterocycles. The van der Waals surface area contributed by atoms with Gasteiger partial charge in [-0.25, -0.2) is 0 Å². The third kappa shape index (κ3) is 3.90. The molecule has 33 heavy (non-hydrogen) atoms. The molecule has 0 atom stereocenters. The number of benzene rings is 4. The van der Waals surface area contributed by atoms with Crippen molar-refractivity contribution in [2.24, 2.45) is 0 Å². The highest BCUT2D eigenvalue weighted by atomic mass is 79.9. The Morgan fingerprint density at radius 2 is 0.939 bits per heavy atom. The van der Waals surface area contributed by atoms with E-state index in [0.717, 1.165) is 37.9 Å². The number of carbonyl (C=O) groups is 1. The van der Waals surface area contributed by atoms with Crippen LogP contribution in [0.5, 0.6) is 11.5 Å². The summed E-state index contributed by atoms with van der Waals surface area (Å²) < 4.78 is 0.913. The second-order valence-electron chi connectivity index (χ2n) is 7.80. The standard InChI is InChI=1S/C29H19BrO3/c30-22-8-4-7-21(17-22)26-25(18-5-2-1-3-6-18)27(19-9-13-23(31)14-10-19)29(33)28(26)20-11-15-24(32)16-12-20/h1-17,31-32H. The van der Waals surface area contributed by atoms with Crippen LogP contribution in [0.25, 0.3) is 22.3 Å². The molecule has 0 amide bonds. The van der Waals surface area contributed by atoms with Gasteiger partial charge in [0.25, 0.3) is 0 Å². The Morgan fingerprint density at radius 3 is 1.45 bits per heavy atom. The summed E-state index contributed by atoms with van der Waals surface area (Å²) in [6, 6.07) is 31.2. The lowest BCUT2D eigenvalue weighted by atomic mass is 9.89. The van der Waals surface area contributed by atoms with Crippen molar-refractivity contribution in [2.75, 3.05) is 0 Å². The Labute approximate surface area is 200 Å². The minimum absolute atomic E-state index is 0.0970. The monoisotopic (exact) mass is 494 g/mol. The van der Waals surface area contributed by atoms with Crippen LogP contribution in [-0.2, 0) is 4.79 Å². The molecule has 4 aromatic rings. The highest BCUT2D eigenvalue weighted by Gasteiger charge is 2.35. The maximum Gasteiger partial charge on any atom is 0.195 e. The number of ketones is 1. The third-order valence-corrected chi connectivity index (χ3v) is 6.19. The van der Waals surface area contributed by atoms with Crippen molar-refractivity contribution >= 4 is 44.0 Å². The van der Waals surface area contributed by atoms with E-state index >= 15 is 0 Å². The van der Waals surface area contributed by atoms with Gasteiger partial charge < -0.3 is 10.2 Å². The molecule has 0 unspecified atom stereocenters. The van der Waals surface area contributed by atoms with E-state index in [9.17, 15) is 15.0 Å². The van der Waals surface area contributed by atoms with Crippen LogP contribution in [0.15, 0.2) is 108 Å².